The summed E-state index contributed by atoms with van der Waals surface area (Å²) in [4.78, 5) is 45.2. The van der Waals surface area contributed by atoms with Gasteiger partial charge in [-0.15, -0.1) is 0 Å². The molecule has 0 fully saturated rings. The van der Waals surface area contributed by atoms with Crippen molar-refractivity contribution in [3.05, 3.63) is 52.4 Å². The number of nitro groups is 2. The normalized spacial score (nSPS) is 10.4. The first-order chi connectivity index (χ1) is 16.5. The van der Waals surface area contributed by atoms with Crippen LogP contribution >= 0.6 is 31.9 Å². The Kier molecular flexibility index (Phi) is 9.18. The van der Waals surface area contributed by atoms with E-state index in [4.69, 9.17) is 20.9 Å². The molecule has 0 saturated carbocycles. The number of methoxy groups -OCH3 is 2. The van der Waals surface area contributed by atoms with Crippen molar-refractivity contribution < 1.29 is 28.9 Å². The molecule has 0 aromatic heterocycles. The lowest BCUT2D eigenvalue weighted by atomic mass is 10.1. The second kappa shape index (κ2) is 11.7. The number of nitrogens with one attached hydrogen (secondary N) is 2. The van der Waals surface area contributed by atoms with Crippen LogP contribution in [0.25, 0.3) is 0 Å². The molecule has 2 aromatic rings. The number of ether oxygens (including phenoxy) is 2. The molecule has 0 heterocycles. The largest absolute Gasteiger partial charge is 0.490 e. The zero-order chi connectivity index (χ0) is 26.4. The van der Waals surface area contributed by atoms with Crippen molar-refractivity contribution in [1.82, 2.24) is 0 Å². The Labute approximate surface area is 214 Å². The lowest BCUT2D eigenvalue weighted by Gasteiger charge is -2.15. The number of hydrogen-bond acceptors (Lipinski definition) is 10. The molecular formula is C19H20Br2N6O8. The van der Waals surface area contributed by atoms with Gasteiger partial charge in [-0.3, -0.25) is 29.8 Å². The predicted octanol–water partition coefficient (Wildman–Crippen LogP) is 3.16. The predicted molar refractivity (Wildman–Crippen MR) is 133 cm³/mol. The SMILES string of the molecule is COc1c(C(N)=O)c(Br)cc(NCCCNc2c(Br)cc(C(N)=O)c(OC)c2[N+](=O)[O-])c1[N+](=O)[O-]. The zero-order valence-electron chi connectivity index (χ0n) is 18.3. The van der Waals surface area contributed by atoms with E-state index in [1.165, 1.54) is 26.4 Å². The van der Waals surface area contributed by atoms with Crippen molar-refractivity contribution in [2.24, 2.45) is 11.5 Å². The third kappa shape index (κ3) is 5.89. The maximum absolute atomic E-state index is 11.7. The van der Waals surface area contributed by atoms with E-state index < -0.39 is 33.0 Å². The van der Waals surface area contributed by atoms with E-state index >= 15 is 0 Å². The molecule has 0 saturated heterocycles. The highest BCUT2D eigenvalue weighted by Gasteiger charge is 2.30. The monoisotopic (exact) mass is 618 g/mol. The van der Waals surface area contributed by atoms with Gasteiger partial charge in [0, 0.05) is 22.0 Å². The molecule has 16 heteroatoms. The van der Waals surface area contributed by atoms with E-state index in [1.807, 2.05) is 0 Å². The van der Waals surface area contributed by atoms with Crippen LogP contribution in [-0.4, -0.2) is 49.0 Å². The van der Waals surface area contributed by atoms with E-state index in [9.17, 15) is 29.8 Å². The average Bonchev–Trinajstić information content (AvgIpc) is 2.77. The molecule has 14 nitrogen and oxygen atoms in total. The van der Waals surface area contributed by atoms with Gasteiger partial charge in [0.1, 0.15) is 16.9 Å². The summed E-state index contributed by atoms with van der Waals surface area (Å²) in [7, 11) is 2.36. The van der Waals surface area contributed by atoms with E-state index in [1.54, 1.807) is 0 Å². The van der Waals surface area contributed by atoms with Crippen molar-refractivity contribution in [3.63, 3.8) is 0 Å². The van der Waals surface area contributed by atoms with Gasteiger partial charge in [-0.2, -0.15) is 0 Å². The quantitative estimate of drug-likeness (QED) is 0.154. The third-order valence-electron chi connectivity index (χ3n) is 4.67. The number of nitrogens with two attached hydrogens (primary N) is 2. The Balaban J connectivity index is 2.24. The van der Waals surface area contributed by atoms with Gasteiger partial charge < -0.3 is 31.6 Å². The van der Waals surface area contributed by atoms with E-state index in [0.29, 0.717) is 6.42 Å². The highest BCUT2D eigenvalue weighted by atomic mass is 79.9. The molecule has 2 aromatic carbocycles. The molecule has 0 radical (unpaired) electrons. The van der Waals surface area contributed by atoms with Crippen LogP contribution < -0.4 is 31.6 Å². The topological polar surface area (TPSA) is 215 Å². The molecule has 6 N–H and O–H groups in total. The Bertz CT molecular complexity index is 1210. The Morgan fingerprint density at radius 2 is 1.49 bits per heavy atom. The van der Waals surface area contributed by atoms with Crippen LogP contribution in [0.2, 0.25) is 0 Å². The van der Waals surface area contributed by atoms with Gasteiger partial charge in [-0.25, -0.2) is 0 Å². The molecule has 0 aliphatic heterocycles. The lowest BCUT2D eigenvalue weighted by molar-refractivity contribution is -0.385. The summed E-state index contributed by atoms with van der Waals surface area (Å²) >= 11 is 6.36. The molecule has 0 atom stereocenters. The Morgan fingerprint density at radius 3 is 1.97 bits per heavy atom. The minimum atomic E-state index is -0.905. The van der Waals surface area contributed by atoms with E-state index in [0.717, 1.165) is 0 Å². The first-order valence-corrected chi connectivity index (χ1v) is 11.2. The Morgan fingerprint density at radius 1 is 0.914 bits per heavy atom. The van der Waals surface area contributed by atoms with Gasteiger partial charge in [-0.05, 0) is 50.4 Å². The molecular weight excluding hydrogens is 600 g/mol. The first kappa shape index (κ1) is 27.6. The van der Waals surface area contributed by atoms with E-state index in [-0.39, 0.29) is 56.0 Å². The summed E-state index contributed by atoms with van der Waals surface area (Å²) in [6.45, 7) is 0.387. The fourth-order valence-corrected chi connectivity index (χ4v) is 4.40. The summed E-state index contributed by atoms with van der Waals surface area (Å²) in [5.74, 6) is -2.38. The number of rotatable bonds is 12. The van der Waals surface area contributed by atoms with Gasteiger partial charge in [0.15, 0.2) is 0 Å². The average molecular weight is 620 g/mol. The van der Waals surface area contributed by atoms with Crippen LogP contribution in [0.1, 0.15) is 27.1 Å². The second-order valence-electron chi connectivity index (χ2n) is 6.78. The molecule has 0 unspecified atom stereocenters. The highest BCUT2D eigenvalue weighted by molar-refractivity contribution is 9.11. The molecule has 2 amide bonds. The van der Waals surface area contributed by atoms with Crippen molar-refractivity contribution in [2.45, 2.75) is 6.42 Å². The minimum Gasteiger partial charge on any atom is -0.490 e. The molecule has 2 rings (SSSR count). The third-order valence-corrected chi connectivity index (χ3v) is 5.92. The molecule has 0 aliphatic carbocycles. The van der Waals surface area contributed by atoms with Gasteiger partial charge in [0.2, 0.25) is 11.5 Å². The van der Waals surface area contributed by atoms with Gasteiger partial charge in [0.25, 0.3) is 11.8 Å². The molecule has 0 aliphatic rings. The van der Waals surface area contributed by atoms with Gasteiger partial charge in [-0.1, -0.05) is 0 Å². The number of carbonyl (C=O) groups excluding carboxylic acids is 2. The van der Waals surface area contributed by atoms with E-state index in [2.05, 4.69) is 42.5 Å². The van der Waals surface area contributed by atoms with Crippen LogP contribution in [0.3, 0.4) is 0 Å². The lowest BCUT2D eigenvalue weighted by Crippen LogP contribution is -2.17. The molecule has 188 valence electrons. The fourth-order valence-electron chi connectivity index (χ4n) is 3.24. The minimum absolute atomic E-state index is 0.0676. The number of nitrogens with zero attached hydrogens (tertiary/aromatic N) is 2. The van der Waals surface area contributed by atoms with Gasteiger partial charge >= 0.3 is 11.4 Å². The fraction of sp³-hybridized carbons (Fsp3) is 0.263. The molecule has 0 spiro atoms. The van der Waals surface area contributed by atoms with Crippen LogP contribution in [0, 0.1) is 20.2 Å². The maximum atomic E-state index is 11.7. The number of halogens is 2. The summed E-state index contributed by atoms with van der Waals surface area (Å²) < 4.78 is 10.5. The number of carbonyl (C=O) groups is 2. The molecule has 0 bridgehead atoms. The number of anilines is 2. The van der Waals surface area contributed by atoms with Crippen molar-refractivity contribution in [1.29, 1.82) is 0 Å². The number of benzene rings is 2. The summed E-state index contributed by atoms with van der Waals surface area (Å²) in [5, 5.41) is 29.1. The summed E-state index contributed by atoms with van der Waals surface area (Å²) in [6.07, 6.45) is 0.345. The van der Waals surface area contributed by atoms with Gasteiger partial charge in [0.05, 0.1) is 29.6 Å². The maximum Gasteiger partial charge on any atom is 0.335 e. The standard InChI is InChI=1S/C19H20Br2N6O8/c1-34-16-8(18(22)28)6-10(21)13(15(16)27(32)33)25-5-3-4-24-11-7-9(20)12(19(23)29)17(35-2)14(11)26(30)31/h6-7,24-25H,3-5H2,1-2H3,(H2,22,28)(H2,23,29). The van der Waals surface area contributed by atoms with Crippen molar-refractivity contribution >= 4 is 66.4 Å². The highest BCUT2D eigenvalue weighted by Crippen LogP contribution is 2.43. The zero-order valence-corrected chi connectivity index (χ0v) is 21.5. The number of nitro benzene ring substituents is 2. The second-order valence-corrected chi connectivity index (χ2v) is 8.48. The first-order valence-electron chi connectivity index (χ1n) is 9.63. The molecule has 35 heavy (non-hydrogen) atoms. The van der Waals surface area contributed by atoms with Crippen molar-refractivity contribution in [3.8, 4) is 11.5 Å². The van der Waals surface area contributed by atoms with Crippen LogP contribution in [-0.2, 0) is 0 Å². The van der Waals surface area contributed by atoms with Crippen LogP contribution in [0.4, 0.5) is 22.7 Å². The summed E-state index contributed by atoms with van der Waals surface area (Å²) in [5.41, 5.74) is 9.46. The van der Waals surface area contributed by atoms with Crippen molar-refractivity contribution in [2.75, 3.05) is 37.9 Å². The number of hydrogen-bond donors (Lipinski definition) is 4. The van der Waals surface area contributed by atoms with Crippen LogP contribution in [0.5, 0.6) is 11.5 Å². The number of primary amides is 2. The summed E-state index contributed by atoms with van der Waals surface area (Å²) in [6, 6.07) is 2.64. The Hall–Kier alpha value is -3.66. The number of amides is 2. The van der Waals surface area contributed by atoms with Crippen LogP contribution in [0.15, 0.2) is 21.1 Å². The smallest absolute Gasteiger partial charge is 0.335 e.